The smallest absolute Gasteiger partial charge is 0.137 e. The molecule has 1 aliphatic carbocycles. The van der Waals surface area contributed by atoms with Crippen LogP contribution in [-0.4, -0.2) is 24.3 Å². The number of ketones is 1. The molecule has 17 heavy (non-hydrogen) atoms. The van der Waals surface area contributed by atoms with Crippen LogP contribution in [0, 0.1) is 11.8 Å². The molecule has 2 rings (SSSR count). The first-order valence-corrected chi connectivity index (χ1v) is 6.37. The van der Waals surface area contributed by atoms with E-state index in [1.54, 1.807) is 12.5 Å². The summed E-state index contributed by atoms with van der Waals surface area (Å²) in [5.74, 6) is 1.37. The highest BCUT2D eigenvalue weighted by Crippen LogP contribution is 2.26. The minimum atomic E-state index is 0.232. The summed E-state index contributed by atoms with van der Waals surface area (Å²) in [5.41, 5.74) is 1.17. The van der Waals surface area contributed by atoms with Crippen molar-refractivity contribution in [2.75, 3.05) is 13.6 Å². The summed E-state index contributed by atoms with van der Waals surface area (Å²) in [6.45, 7) is 3.97. The molecule has 2 unspecified atom stereocenters. The van der Waals surface area contributed by atoms with Gasteiger partial charge in [0.1, 0.15) is 5.78 Å². The van der Waals surface area contributed by atoms with Gasteiger partial charge in [-0.2, -0.15) is 0 Å². The fourth-order valence-corrected chi connectivity index (χ4v) is 2.64. The first kappa shape index (κ1) is 12.4. The van der Waals surface area contributed by atoms with Crippen LogP contribution < -0.4 is 0 Å². The zero-order chi connectivity index (χ0) is 12.3. The predicted octanol–water partition coefficient (Wildman–Crippen LogP) is 2.72. The molecule has 0 spiro atoms. The maximum Gasteiger partial charge on any atom is 0.137 e. The van der Waals surface area contributed by atoms with Crippen LogP contribution in [0.15, 0.2) is 23.0 Å². The van der Waals surface area contributed by atoms with Crippen LogP contribution in [0.4, 0.5) is 0 Å². The van der Waals surface area contributed by atoms with Crippen LogP contribution in [0.2, 0.25) is 0 Å². The molecule has 0 saturated heterocycles. The van der Waals surface area contributed by atoms with Gasteiger partial charge in [-0.1, -0.05) is 6.92 Å². The van der Waals surface area contributed by atoms with E-state index < -0.39 is 0 Å². The summed E-state index contributed by atoms with van der Waals surface area (Å²) in [6, 6.07) is 1.97. The first-order valence-electron chi connectivity index (χ1n) is 6.37. The van der Waals surface area contributed by atoms with Crippen LogP contribution in [0.3, 0.4) is 0 Å². The molecule has 1 fully saturated rings. The average molecular weight is 235 g/mol. The van der Waals surface area contributed by atoms with Gasteiger partial charge in [0.2, 0.25) is 0 Å². The van der Waals surface area contributed by atoms with Crippen molar-refractivity contribution < 1.29 is 9.21 Å². The third-order valence-electron chi connectivity index (χ3n) is 3.59. The molecule has 1 heterocycles. The molecule has 0 aromatic carbocycles. The van der Waals surface area contributed by atoms with E-state index >= 15 is 0 Å². The maximum atomic E-state index is 11.8. The van der Waals surface area contributed by atoms with Gasteiger partial charge in [-0.3, -0.25) is 4.79 Å². The predicted molar refractivity (Wildman–Crippen MR) is 66.6 cm³/mol. The molecule has 1 aromatic heterocycles. The van der Waals surface area contributed by atoms with E-state index in [4.69, 9.17) is 4.42 Å². The van der Waals surface area contributed by atoms with Gasteiger partial charge in [0.15, 0.2) is 0 Å². The second-order valence-corrected chi connectivity index (χ2v) is 5.37. The van der Waals surface area contributed by atoms with E-state index in [9.17, 15) is 4.79 Å². The highest BCUT2D eigenvalue weighted by molar-refractivity contribution is 5.81. The van der Waals surface area contributed by atoms with Gasteiger partial charge in [0, 0.05) is 31.0 Å². The summed E-state index contributed by atoms with van der Waals surface area (Å²) < 4.78 is 5.05. The van der Waals surface area contributed by atoms with Crippen LogP contribution in [-0.2, 0) is 11.3 Å². The quantitative estimate of drug-likeness (QED) is 0.804. The van der Waals surface area contributed by atoms with Gasteiger partial charge in [0.05, 0.1) is 12.5 Å². The zero-order valence-corrected chi connectivity index (χ0v) is 10.7. The van der Waals surface area contributed by atoms with Crippen molar-refractivity contribution in [2.45, 2.75) is 32.7 Å². The summed E-state index contributed by atoms with van der Waals surface area (Å²) in [4.78, 5) is 14.0. The van der Waals surface area contributed by atoms with Crippen LogP contribution >= 0.6 is 0 Å². The standard InChI is InChI=1S/C14H21NO2/c1-11-3-4-14(16)13(7-11)9-15(2)8-12-5-6-17-10-12/h5-6,10-11,13H,3-4,7-9H2,1-2H3. The van der Waals surface area contributed by atoms with Gasteiger partial charge in [0.25, 0.3) is 0 Å². The van der Waals surface area contributed by atoms with Crippen molar-refractivity contribution in [2.24, 2.45) is 11.8 Å². The Hall–Kier alpha value is -1.09. The third-order valence-corrected chi connectivity index (χ3v) is 3.59. The topological polar surface area (TPSA) is 33.5 Å². The van der Waals surface area contributed by atoms with Gasteiger partial charge < -0.3 is 9.32 Å². The van der Waals surface area contributed by atoms with Crippen molar-refractivity contribution in [3.05, 3.63) is 24.2 Å². The molecule has 1 aromatic rings. The number of Topliss-reactive ketones (excluding diaryl/α,β-unsaturated/α-hetero) is 1. The highest BCUT2D eigenvalue weighted by Gasteiger charge is 2.27. The summed E-state index contributed by atoms with van der Waals surface area (Å²) >= 11 is 0. The van der Waals surface area contributed by atoms with E-state index in [0.717, 1.165) is 32.4 Å². The van der Waals surface area contributed by atoms with Crippen molar-refractivity contribution in [3.63, 3.8) is 0 Å². The molecule has 0 amide bonds. The number of hydrogen-bond acceptors (Lipinski definition) is 3. The van der Waals surface area contributed by atoms with E-state index in [-0.39, 0.29) is 5.92 Å². The largest absolute Gasteiger partial charge is 0.472 e. The van der Waals surface area contributed by atoms with Crippen molar-refractivity contribution in [3.8, 4) is 0 Å². The van der Waals surface area contributed by atoms with Crippen molar-refractivity contribution in [1.29, 1.82) is 0 Å². The second-order valence-electron chi connectivity index (χ2n) is 5.37. The third kappa shape index (κ3) is 3.43. The number of rotatable bonds is 4. The van der Waals surface area contributed by atoms with Crippen LogP contribution in [0.25, 0.3) is 0 Å². The molecule has 0 radical (unpaired) electrons. The lowest BCUT2D eigenvalue weighted by Crippen LogP contribution is -2.34. The van der Waals surface area contributed by atoms with E-state index in [2.05, 4.69) is 18.9 Å². The maximum absolute atomic E-state index is 11.8. The monoisotopic (exact) mass is 235 g/mol. The number of carbonyl (C=O) groups is 1. The molecular weight excluding hydrogens is 214 g/mol. The molecule has 1 saturated carbocycles. The Morgan fingerprint density at radius 2 is 2.35 bits per heavy atom. The van der Waals surface area contributed by atoms with E-state index in [0.29, 0.717) is 11.7 Å². The van der Waals surface area contributed by atoms with Gasteiger partial charge in [-0.25, -0.2) is 0 Å². The fourth-order valence-electron chi connectivity index (χ4n) is 2.64. The van der Waals surface area contributed by atoms with Crippen LogP contribution in [0.1, 0.15) is 31.7 Å². The molecule has 0 N–H and O–H groups in total. The Balaban J connectivity index is 1.84. The fraction of sp³-hybridized carbons (Fsp3) is 0.643. The van der Waals surface area contributed by atoms with Gasteiger partial charge in [-0.15, -0.1) is 0 Å². The van der Waals surface area contributed by atoms with E-state index in [1.165, 1.54) is 5.56 Å². The minimum absolute atomic E-state index is 0.232. The normalized spacial score (nSPS) is 25.5. The van der Waals surface area contributed by atoms with Crippen LogP contribution in [0.5, 0.6) is 0 Å². The Morgan fingerprint density at radius 1 is 1.53 bits per heavy atom. The second kappa shape index (κ2) is 5.50. The SMILES string of the molecule is CC1CCC(=O)C(CN(C)Cc2ccoc2)C1. The highest BCUT2D eigenvalue weighted by atomic mass is 16.3. The number of furan rings is 1. The average Bonchev–Trinajstić information content (AvgIpc) is 2.76. The Labute approximate surface area is 103 Å². The lowest BCUT2D eigenvalue weighted by atomic mass is 9.81. The zero-order valence-electron chi connectivity index (χ0n) is 10.7. The Kier molecular flexibility index (Phi) is 4.00. The molecule has 3 nitrogen and oxygen atoms in total. The summed E-state index contributed by atoms with van der Waals surface area (Å²) in [5, 5.41) is 0. The summed E-state index contributed by atoms with van der Waals surface area (Å²) in [6.07, 6.45) is 6.35. The Bertz CT molecular complexity index is 358. The first-order chi connectivity index (χ1) is 8.15. The molecule has 3 heteroatoms. The molecule has 1 aliphatic rings. The number of hydrogen-bond donors (Lipinski definition) is 0. The lowest BCUT2D eigenvalue weighted by molar-refractivity contribution is -0.126. The summed E-state index contributed by atoms with van der Waals surface area (Å²) in [7, 11) is 2.07. The van der Waals surface area contributed by atoms with E-state index in [1.807, 2.05) is 6.07 Å². The van der Waals surface area contributed by atoms with Gasteiger partial charge >= 0.3 is 0 Å². The Morgan fingerprint density at radius 3 is 3.06 bits per heavy atom. The number of nitrogens with zero attached hydrogens (tertiary/aromatic N) is 1. The molecule has 0 bridgehead atoms. The van der Waals surface area contributed by atoms with Gasteiger partial charge in [-0.05, 0) is 31.9 Å². The molecular formula is C14H21NO2. The molecule has 2 atom stereocenters. The number of carbonyl (C=O) groups excluding carboxylic acids is 1. The molecule has 0 aliphatic heterocycles. The minimum Gasteiger partial charge on any atom is -0.472 e. The van der Waals surface area contributed by atoms with Crippen molar-refractivity contribution in [1.82, 2.24) is 4.90 Å². The molecule has 94 valence electrons. The lowest BCUT2D eigenvalue weighted by Gasteiger charge is -2.29. The van der Waals surface area contributed by atoms with Crippen molar-refractivity contribution >= 4 is 5.78 Å².